The molecule has 1 aliphatic carbocycles. The Balaban J connectivity index is 1.75. The van der Waals surface area contributed by atoms with E-state index in [9.17, 15) is 18.0 Å². The molecule has 1 N–H and O–H groups in total. The summed E-state index contributed by atoms with van der Waals surface area (Å²) in [6.07, 6.45) is 6.25. The average Bonchev–Trinajstić information content (AvgIpc) is 3.35. The Kier molecular flexibility index (Phi) is 10.4. The first-order valence-electron chi connectivity index (χ1n) is 13.0. The maximum Gasteiger partial charge on any atom is 0.243 e. The van der Waals surface area contributed by atoms with Gasteiger partial charge < -0.3 is 10.2 Å². The molecule has 0 bridgehead atoms. The van der Waals surface area contributed by atoms with Gasteiger partial charge in [0.25, 0.3) is 0 Å². The van der Waals surface area contributed by atoms with Crippen molar-refractivity contribution in [3.05, 3.63) is 64.7 Å². The number of nitrogens with zero attached hydrogens (tertiary/aromatic N) is 2. The lowest BCUT2D eigenvalue weighted by atomic mass is 10.1. The molecule has 2 amide bonds. The zero-order chi connectivity index (χ0) is 27.0. The lowest BCUT2D eigenvalue weighted by Gasteiger charge is -2.32. The van der Waals surface area contributed by atoms with Crippen LogP contribution in [0.25, 0.3) is 0 Å². The number of rotatable bonds is 12. The topological polar surface area (TPSA) is 86.8 Å². The Hall–Kier alpha value is -2.58. The highest BCUT2D eigenvalue weighted by Crippen LogP contribution is 2.22. The summed E-state index contributed by atoms with van der Waals surface area (Å²) in [7, 11) is -3.52. The van der Waals surface area contributed by atoms with Crippen LogP contribution in [-0.4, -0.2) is 50.0 Å². The van der Waals surface area contributed by atoms with E-state index in [2.05, 4.69) is 5.32 Å². The van der Waals surface area contributed by atoms with Crippen LogP contribution in [0.5, 0.6) is 0 Å². The second kappa shape index (κ2) is 13.3. The number of anilines is 1. The quantitative estimate of drug-likeness (QED) is 0.402. The number of carbonyl (C=O) groups excluding carboxylic acids is 2. The number of amides is 2. The molecule has 0 aromatic heterocycles. The van der Waals surface area contributed by atoms with Gasteiger partial charge in [-0.1, -0.05) is 55.6 Å². The monoisotopic (exact) mass is 547 g/mol. The van der Waals surface area contributed by atoms with Crippen LogP contribution < -0.4 is 9.62 Å². The molecule has 3 rings (SSSR count). The molecular weight excluding hydrogens is 510 g/mol. The zero-order valence-electron chi connectivity index (χ0n) is 22.0. The van der Waals surface area contributed by atoms with Gasteiger partial charge in [0.15, 0.2) is 0 Å². The minimum Gasteiger partial charge on any atom is -0.352 e. The van der Waals surface area contributed by atoms with Crippen LogP contribution in [0.1, 0.15) is 63.0 Å². The summed E-state index contributed by atoms with van der Waals surface area (Å²) in [6, 6.07) is 14.1. The second-order valence-electron chi connectivity index (χ2n) is 9.84. The van der Waals surface area contributed by atoms with Gasteiger partial charge in [-0.2, -0.15) is 0 Å². The van der Waals surface area contributed by atoms with Crippen LogP contribution in [0.3, 0.4) is 0 Å². The summed E-state index contributed by atoms with van der Waals surface area (Å²) in [5.74, 6) is -0.310. The number of halogens is 1. The summed E-state index contributed by atoms with van der Waals surface area (Å²) in [5.41, 5.74) is 2.41. The van der Waals surface area contributed by atoms with Crippen molar-refractivity contribution in [3.8, 4) is 0 Å². The SMILES string of the molecule is CC[C@@H](C(=O)NC1CCCC1)N(Cc1ccc(Cl)cc1)C(=O)CCCN(c1cccc(C)c1)S(C)(=O)=O. The number of aryl methyl sites for hydroxylation is 1. The molecule has 2 aromatic carbocycles. The molecule has 0 unspecified atom stereocenters. The summed E-state index contributed by atoms with van der Waals surface area (Å²) >= 11 is 6.04. The highest BCUT2D eigenvalue weighted by Gasteiger charge is 2.30. The molecule has 0 spiro atoms. The molecule has 0 radical (unpaired) electrons. The van der Waals surface area contributed by atoms with Gasteiger partial charge in [0, 0.05) is 30.6 Å². The summed E-state index contributed by atoms with van der Waals surface area (Å²) < 4.78 is 26.3. The van der Waals surface area contributed by atoms with Crippen molar-refractivity contribution < 1.29 is 18.0 Å². The Bertz CT molecular complexity index is 1160. The van der Waals surface area contributed by atoms with Crippen LogP contribution in [-0.2, 0) is 26.2 Å². The summed E-state index contributed by atoms with van der Waals surface area (Å²) in [6.45, 7) is 4.27. The van der Waals surface area contributed by atoms with Gasteiger partial charge in [-0.25, -0.2) is 8.42 Å². The minimum absolute atomic E-state index is 0.124. The normalized spacial score (nSPS) is 14.8. The fourth-order valence-corrected chi connectivity index (χ4v) is 5.94. The van der Waals surface area contributed by atoms with E-state index in [1.54, 1.807) is 23.1 Å². The molecule has 7 nitrogen and oxygen atoms in total. The van der Waals surface area contributed by atoms with Crippen molar-refractivity contribution in [1.29, 1.82) is 0 Å². The third-order valence-electron chi connectivity index (χ3n) is 6.80. The van der Waals surface area contributed by atoms with Crippen molar-refractivity contribution in [2.45, 2.75) is 77.4 Å². The van der Waals surface area contributed by atoms with E-state index in [4.69, 9.17) is 11.6 Å². The van der Waals surface area contributed by atoms with E-state index >= 15 is 0 Å². The van der Waals surface area contributed by atoms with Gasteiger partial charge in [-0.15, -0.1) is 0 Å². The van der Waals surface area contributed by atoms with Crippen LogP contribution in [0, 0.1) is 6.92 Å². The fourth-order valence-electron chi connectivity index (χ4n) is 4.86. The number of sulfonamides is 1. The van der Waals surface area contributed by atoms with Gasteiger partial charge in [-0.05, 0) is 68.0 Å². The number of hydrogen-bond donors (Lipinski definition) is 1. The standard InChI is InChI=1S/C28H38ClN3O4S/c1-4-26(28(34)30-24-10-5-6-11-24)31(20-22-14-16-23(29)17-15-22)27(33)13-8-18-32(37(3,35)36)25-12-7-9-21(2)19-25/h7,9,12,14-17,19,24,26H,4-6,8,10-11,13,18,20H2,1-3H3,(H,30,34)/t26-/m0/s1. The molecular formula is C28H38ClN3O4S. The van der Waals surface area contributed by atoms with Crippen LogP contribution >= 0.6 is 11.6 Å². The molecule has 9 heteroatoms. The smallest absolute Gasteiger partial charge is 0.243 e. The summed E-state index contributed by atoms with van der Waals surface area (Å²) in [5, 5.41) is 3.74. The molecule has 0 saturated heterocycles. The van der Waals surface area contributed by atoms with Crippen molar-refractivity contribution in [2.75, 3.05) is 17.1 Å². The molecule has 37 heavy (non-hydrogen) atoms. The molecule has 202 valence electrons. The first-order valence-corrected chi connectivity index (χ1v) is 15.2. The Morgan fingerprint density at radius 1 is 1.11 bits per heavy atom. The molecule has 1 saturated carbocycles. The summed E-state index contributed by atoms with van der Waals surface area (Å²) in [4.78, 5) is 28.4. The average molecular weight is 548 g/mol. The third kappa shape index (κ3) is 8.47. The van der Waals surface area contributed by atoms with Crippen molar-refractivity contribution in [3.63, 3.8) is 0 Å². The van der Waals surface area contributed by atoms with Gasteiger partial charge >= 0.3 is 0 Å². The molecule has 0 aliphatic heterocycles. The number of nitrogens with one attached hydrogen (secondary N) is 1. The van der Waals surface area contributed by atoms with Gasteiger partial charge in [-0.3, -0.25) is 13.9 Å². The zero-order valence-corrected chi connectivity index (χ0v) is 23.5. The Labute approximate surface area is 226 Å². The number of benzene rings is 2. The highest BCUT2D eigenvalue weighted by atomic mass is 35.5. The maximum atomic E-state index is 13.5. The fraction of sp³-hybridized carbons (Fsp3) is 0.500. The van der Waals surface area contributed by atoms with E-state index < -0.39 is 16.1 Å². The van der Waals surface area contributed by atoms with Gasteiger partial charge in [0.05, 0.1) is 11.9 Å². The highest BCUT2D eigenvalue weighted by molar-refractivity contribution is 7.92. The van der Waals surface area contributed by atoms with Crippen molar-refractivity contribution in [1.82, 2.24) is 10.2 Å². The second-order valence-corrected chi connectivity index (χ2v) is 12.2. The number of carbonyl (C=O) groups is 2. The molecule has 1 aliphatic rings. The van der Waals surface area contributed by atoms with Crippen LogP contribution in [0.2, 0.25) is 5.02 Å². The minimum atomic E-state index is -3.52. The molecule has 1 atom stereocenters. The Morgan fingerprint density at radius 3 is 2.38 bits per heavy atom. The van der Waals surface area contributed by atoms with E-state index in [1.807, 2.05) is 44.2 Å². The third-order valence-corrected chi connectivity index (χ3v) is 8.24. The van der Waals surface area contributed by atoms with E-state index in [0.717, 1.165) is 36.8 Å². The van der Waals surface area contributed by atoms with E-state index in [0.29, 0.717) is 23.6 Å². The first-order chi connectivity index (χ1) is 17.6. The first kappa shape index (κ1) is 29.0. The van der Waals surface area contributed by atoms with Crippen molar-refractivity contribution in [2.24, 2.45) is 0 Å². The van der Waals surface area contributed by atoms with Gasteiger partial charge in [0.2, 0.25) is 21.8 Å². The maximum absolute atomic E-state index is 13.5. The van der Waals surface area contributed by atoms with Crippen molar-refractivity contribution >= 4 is 39.1 Å². The lowest BCUT2D eigenvalue weighted by molar-refractivity contribution is -0.141. The van der Waals surface area contributed by atoms with Crippen LogP contribution in [0.15, 0.2) is 48.5 Å². The van der Waals surface area contributed by atoms with Crippen LogP contribution in [0.4, 0.5) is 5.69 Å². The molecule has 0 heterocycles. The molecule has 2 aromatic rings. The number of hydrogen-bond acceptors (Lipinski definition) is 4. The van der Waals surface area contributed by atoms with Gasteiger partial charge in [0.1, 0.15) is 6.04 Å². The largest absolute Gasteiger partial charge is 0.352 e. The predicted molar refractivity (Wildman–Crippen MR) is 149 cm³/mol. The van der Waals surface area contributed by atoms with E-state index in [1.165, 1.54) is 10.6 Å². The molecule has 1 fully saturated rings. The lowest BCUT2D eigenvalue weighted by Crippen LogP contribution is -2.51. The Morgan fingerprint density at radius 2 is 1.78 bits per heavy atom. The van der Waals surface area contributed by atoms with E-state index in [-0.39, 0.29) is 37.4 Å². The predicted octanol–water partition coefficient (Wildman–Crippen LogP) is 5.06.